The average molecular weight is 180 g/mol. The molecule has 1 aromatic rings. The number of rotatable bonds is 3. The van der Waals surface area contributed by atoms with Gasteiger partial charge in [0.25, 0.3) is 0 Å². The van der Waals surface area contributed by atoms with Gasteiger partial charge in [-0.2, -0.15) is 5.10 Å². The second kappa shape index (κ2) is 2.83. The third-order valence-corrected chi connectivity index (χ3v) is 2.43. The summed E-state index contributed by atoms with van der Waals surface area (Å²) in [6.45, 7) is 2.41. The van der Waals surface area contributed by atoms with Crippen LogP contribution < -0.4 is 5.32 Å². The fourth-order valence-corrected chi connectivity index (χ4v) is 1.11. The number of nitrogens with one attached hydrogen (secondary N) is 2. The summed E-state index contributed by atoms with van der Waals surface area (Å²) in [5.74, 6) is 0.807. The standard InChI is InChI=1S/C8H12N4O/c1-8(2-3-8)7(13)9-4-6-10-5-11-12-6/h5H,2-4H2,1H3,(H,9,13)(H,10,11,12). The summed E-state index contributed by atoms with van der Waals surface area (Å²) in [5, 5.41) is 9.19. The Balaban J connectivity index is 1.83. The van der Waals surface area contributed by atoms with E-state index >= 15 is 0 Å². The minimum atomic E-state index is -0.111. The van der Waals surface area contributed by atoms with Gasteiger partial charge in [-0.1, -0.05) is 6.92 Å². The molecular formula is C8H12N4O. The topological polar surface area (TPSA) is 70.7 Å². The van der Waals surface area contributed by atoms with E-state index in [2.05, 4.69) is 20.5 Å². The number of H-pyrrole nitrogens is 1. The smallest absolute Gasteiger partial charge is 0.226 e. The van der Waals surface area contributed by atoms with Crippen molar-refractivity contribution in [3.05, 3.63) is 12.2 Å². The highest BCUT2D eigenvalue weighted by atomic mass is 16.2. The van der Waals surface area contributed by atoms with E-state index in [1.807, 2.05) is 6.92 Å². The lowest BCUT2D eigenvalue weighted by Crippen LogP contribution is -2.30. The molecule has 1 saturated carbocycles. The molecule has 2 N–H and O–H groups in total. The highest BCUT2D eigenvalue weighted by Gasteiger charge is 2.44. The molecule has 1 amide bonds. The molecule has 0 spiro atoms. The van der Waals surface area contributed by atoms with Crippen LogP contribution in [0.3, 0.4) is 0 Å². The predicted molar refractivity (Wildman–Crippen MR) is 45.6 cm³/mol. The zero-order chi connectivity index (χ0) is 9.31. The monoisotopic (exact) mass is 180 g/mol. The van der Waals surface area contributed by atoms with Gasteiger partial charge >= 0.3 is 0 Å². The minimum Gasteiger partial charge on any atom is -0.348 e. The fraction of sp³-hybridized carbons (Fsp3) is 0.625. The molecule has 5 heteroatoms. The molecule has 13 heavy (non-hydrogen) atoms. The SMILES string of the molecule is CC1(C(=O)NCc2ncn[nH]2)CC1. The van der Waals surface area contributed by atoms with Crippen molar-refractivity contribution in [1.82, 2.24) is 20.5 Å². The molecule has 0 bridgehead atoms. The van der Waals surface area contributed by atoms with Crippen LogP contribution in [0.2, 0.25) is 0 Å². The Morgan fingerprint density at radius 1 is 1.77 bits per heavy atom. The van der Waals surface area contributed by atoms with Crippen molar-refractivity contribution < 1.29 is 4.79 Å². The molecule has 0 unspecified atom stereocenters. The van der Waals surface area contributed by atoms with Gasteiger partial charge in [-0.15, -0.1) is 0 Å². The zero-order valence-corrected chi connectivity index (χ0v) is 7.50. The van der Waals surface area contributed by atoms with Crippen molar-refractivity contribution in [3.8, 4) is 0 Å². The summed E-state index contributed by atoms with van der Waals surface area (Å²) >= 11 is 0. The van der Waals surface area contributed by atoms with Crippen LogP contribution in [0.15, 0.2) is 6.33 Å². The van der Waals surface area contributed by atoms with Crippen LogP contribution in [0.4, 0.5) is 0 Å². The molecule has 0 atom stereocenters. The second-order valence-electron chi connectivity index (χ2n) is 3.68. The number of aromatic nitrogens is 3. The van der Waals surface area contributed by atoms with Crippen molar-refractivity contribution in [2.75, 3.05) is 0 Å². The van der Waals surface area contributed by atoms with E-state index in [-0.39, 0.29) is 11.3 Å². The van der Waals surface area contributed by atoms with Crippen molar-refractivity contribution in [3.63, 3.8) is 0 Å². The highest BCUT2D eigenvalue weighted by Crippen LogP contribution is 2.44. The maximum absolute atomic E-state index is 11.4. The van der Waals surface area contributed by atoms with Gasteiger partial charge in [-0.25, -0.2) is 4.98 Å². The van der Waals surface area contributed by atoms with Crippen molar-refractivity contribution in [1.29, 1.82) is 0 Å². The second-order valence-corrected chi connectivity index (χ2v) is 3.68. The Morgan fingerprint density at radius 3 is 3.08 bits per heavy atom. The quantitative estimate of drug-likeness (QED) is 0.699. The Morgan fingerprint density at radius 2 is 2.54 bits per heavy atom. The molecule has 2 rings (SSSR count). The molecule has 0 saturated heterocycles. The third kappa shape index (κ3) is 1.68. The van der Waals surface area contributed by atoms with Gasteiger partial charge in [0.1, 0.15) is 12.2 Å². The number of aromatic amines is 1. The lowest BCUT2D eigenvalue weighted by Gasteiger charge is -2.07. The number of nitrogens with zero attached hydrogens (tertiary/aromatic N) is 2. The van der Waals surface area contributed by atoms with Crippen molar-refractivity contribution >= 4 is 5.91 Å². The van der Waals surface area contributed by atoms with E-state index in [0.29, 0.717) is 12.4 Å². The molecule has 0 aliphatic heterocycles. The van der Waals surface area contributed by atoms with Crippen LogP contribution in [0, 0.1) is 5.41 Å². The Kier molecular flexibility index (Phi) is 1.79. The van der Waals surface area contributed by atoms with Crippen molar-refractivity contribution in [2.45, 2.75) is 26.3 Å². The van der Waals surface area contributed by atoms with Gasteiger partial charge in [-0.3, -0.25) is 9.89 Å². The van der Waals surface area contributed by atoms with Crippen LogP contribution in [-0.4, -0.2) is 21.1 Å². The van der Waals surface area contributed by atoms with Gasteiger partial charge < -0.3 is 5.32 Å². The molecule has 0 aromatic carbocycles. The number of hydrogen-bond donors (Lipinski definition) is 2. The average Bonchev–Trinajstić information content (AvgIpc) is 2.70. The van der Waals surface area contributed by atoms with Crippen molar-refractivity contribution in [2.24, 2.45) is 5.41 Å². The zero-order valence-electron chi connectivity index (χ0n) is 7.50. The summed E-state index contributed by atoms with van der Waals surface area (Å²) in [6.07, 6.45) is 3.42. The molecule has 1 fully saturated rings. The Labute approximate surface area is 75.9 Å². The molecule has 1 aromatic heterocycles. The van der Waals surface area contributed by atoms with E-state index in [4.69, 9.17) is 0 Å². The lowest BCUT2D eigenvalue weighted by atomic mass is 10.1. The summed E-state index contributed by atoms with van der Waals surface area (Å²) in [5.41, 5.74) is -0.111. The van der Waals surface area contributed by atoms with Gasteiger partial charge in [-0.05, 0) is 12.8 Å². The van der Waals surface area contributed by atoms with Gasteiger partial charge in [0.2, 0.25) is 5.91 Å². The van der Waals surface area contributed by atoms with E-state index in [0.717, 1.165) is 12.8 Å². The van der Waals surface area contributed by atoms with Crippen LogP contribution in [0.1, 0.15) is 25.6 Å². The lowest BCUT2D eigenvalue weighted by molar-refractivity contribution is -0.125. The maximum Gasteiger partial charge on any atom is 0.226 e. The summed E-state index contributed by atoms with van der Waals surface area (Å²) < 4.78 is 0. The van der Waals surface area contributed by atoms with Crippen LogP contribution in [0.5, 0.6) is 0 Å². The number of carbonyl (C=O) groups is 1. The highest BCUT2D eigenvalue weighted by molar-refractivity contribution is 5.84. The molecule has 1 heterocycles. The predicted octanol–water partition coefficient (Wildman–Crippen LogP) is 0.221. The van der Waals surface area contributed by atoms with Crippen LogP contribution >= 0.6 is 0 Å². The number of carbonyl (C=O) groups excluding carboxylic acids is 1. The first-order chi connectivity index (χ1) is 6.21. The van der Waals surface area contributed by atoms with Gasteiger partial charge in [0.05, 0.1) is 6.54 Å². The molecule has 5 nitrogen and oxygen atoms in total. The normalized spacial score (nSPS) is 18.2. The maximum atomic E-state index is 11.4. The number of amides is 1. The van der Waals surface area contributed by atoms with Crippen LogP contribution in [0.25, 0.3) is 0 Å². The Hall–Kier alpha value is -1.39. The first kappa shape index (κ1) is 8.22. The number of hydrogen-bond acceptors (Lipinski definition) is 3. The van der Waals surface area contributed by atoms with Crippen LogP contribution in [-0.2, 0) is 11.3 Å². The van der Waals surface area contributed by atoms with E-state index in [9.17, 15) is 4.79 Å². The first-order valence-electron chi connectivity index (χ1n) is 4.33. The third-order valence-electron chi connectivity index (χ3n) is 2.43. The van der Waals surface area contributed by atoms with E-state index in [1.54, 1.807) is 0 Å². The van der Waals surface area contributed by atoms with E-state index in [1.165, 1.54) is 6.33 Å². The summed E-state index contributed by atoms with van der Waals surface area (Å²) in [7, 11) is 0. The van der Waals surface area contributed by atoms with E-state index < -0.39 is 0 Å². The molecule has 1 aliphatic rings. The minimum absolute atomic E-state index is 0.111. The summed E-state index contributed by atoms with van der Waals surface area (Å²) in [4.78, 5) is 15.4. The molecular weight excluding hydrogens is 168 g/mol. The summed E-state index contributed by atoms with van der Waals surface area (Å²) in [6, 6.07) is 0. The first-order valence-corrected chi connectivity index (χ1v) is 4.33. The van der Waals surface area contributed by atoms with Gasteiger partial charge in [0.15, 0.2) is 0 Å². The Bertz CT molecular complexity index is 302. The van der Waals surface area contributed by atoms with Gasteiger partial charge in [0, 0.05) is 5.41 Å². The fourth-order valence-electron chi connectivity index (χ4n) is 1.11. The molecule has 70 valence electrons. The molecule has 0 radical (unpaired) electrons. The largest absolute Gasteiger partial charge is 0.348 e. The molecule has 1 aliphatic carbocycles.